The van der Waals surface area contributed by atoms with Gasteiger partial charge in [0, 0.05) is 57.7 Å². The van der Waals surface area contributed by atoms with Crippen molar-refractivity contribution in [2.75, 3.05) is 75.4 Å². The van der Waals surface area contributed by atoms with Crippen LogP contribution in [0.5, 0.6) is 11.5 Å². The van der Waals surface area contributed by atoms with Crippen molar-refractivity contribution in [1.29, 1.82) is 0 Å². The second kappa shape index (κ2) is 14.6. The number of nitrogens with zero attached hydrogens (tertiary/aromatic N) is 4. The van der Waals surface area contributed by atoms with E-state index in [9.17, 15) is 0 Å². The third-order valence-corrected chi connectivity index (χ3v) is 7.08. The summed E-state index contributed by atoms with van der Waals surface area (Å²) in [4.78, 5) is 11.3. The van der Waals surface area contributed by atoms with Gasteiger partial charge in [-0.15, -0.1) is 0 Å². The predicted octanol–water partition coefficient (Wildman–Crippen LogP) is 5.39. The van der Waals surface area contributed by atoms with E-state index < -0.39 is 0 Å². The van der Waals surface area contributed by atoms with Crippen molar-refractivity contribution in [3.63, 3.8) is 0 Å². The quantitative estimate of drug-likeness (QED) is 0.185. The molecule has 9 nitrogen and oxygen atoms in total. The molecule has 2 heterocycles. The number of anilines is 3. The van der Waals surface area contributed by atoms with E-state index in [4.69, 9.17) is 28.3 Å². The molecule has 0 atom stereocenters. The van der Waals surface area contributed by atoms with E-state index in [1.54, 1.807) is 13.4 Å². The standard InChI is InChI=1S/C33H40N4O5/c1-35(2)30-7-5-9-32(21-30)41-19-18-40-24-28-25-42-33(34-28)37(23-27-6-4-8-31(20-27)38-3)22-26-10-12-29(13-11-26)36-14-16-39-17-15-36/h4-13,20-21,25H,14-19,22-24H2,1-3H3. The third-order valence-electron chi connectivity index (χ3n) is 7.08. The minimum Gasteiger partial charge on any atom is -0.497 e. The summed E-state index contributed by atoms with van der Waals surface area (Å²) in [7, 11) is 5.70. The van der Waals surface area contributed by atoms with Gasteiger partial charge in [-0.05, 0) is 47.5 Å². The Hall–Kier alpha value is -4.21. The van der Waals surface area contributed by atoms with Crippen LogP contribution in [0, 0.1) is 0 Å². The van der Waals surface area contributed by atoms with Crippen molar-refractivity contribution in [3.05, 3.63) is 95.9 Å². The number of hydrogen-bond donors (Lipinski definition) is 0. The third kappa shape index (κ3) is 8.18. The van der Waals surface area contributed by atoms with Crippen LogP contribution in [-0.4, -0.2) is 65.7 Å². The van der Waals surface area contributed by atoms with Crippen LogP contribution >= 0.6 is 0 Å². The van der Waals surface area contributed by atoms with Crippen LogP contribution in [0.1, 0.15) is 16.8 Å². The van der Waals surface area contributed by atoms with E-state index >= 15 is 0 Å². The van der Waals surface area contributed by atoms with Gasteiger partial charge in [0.25, 0.3) is 6.01 Å². The normalized spacial score (nSPS) is 13.2. The molecule has 0 bridgehead atoms. The topological polar surface area (TPSA) is 72.7 Å². The van der Waals surface area contributed by atoms with Gasteiger partial charge in [0.1, 0.15) is 30.1 Å². The minimum atomic E-state index is 0.339. The van der Waals surface area contributed by atoms with Crippen LogP contribution in [-0.2, 0) is 29.2 Å². The number of methoxy groups -OCH3 is 1. The smallest absolute Gasteiger partial charge is 0.298 e. The van der Waals surface area contributed by atoms with E-state index in [2.05, 4.69) is 40.1 Å². The second-order valence-electron chi connectivity index (χ2n) is 10.4. The van der Waals surface area contributed by atoms with Crippen molar-refractivity contribution in [2.24, 2.45) is 0 Å². The highest BCUT2D eigenvalue weighted by Crippen LogP contribution is 2.24. The molecule has 4 aromatic rings. The first-order valence-electron chi connectivity index (χ1n) is 14.3. The molecule has 0 amide bonds. The Balaban J connectivity index is 1.20. The van der Waals surface area contributed by atoms with Gasteiger partial charge in [-0.1, -0.05) is 30.3 Å². The van der Waals surface area contributed by atoms with Crippen molar-refractivity contribution < 1.29 is 23.4 Å². The van der Waals surface area contributed by atoms with Crippen molar-refractivity contribution >= 4 is 17.4 Å². The van der Waals surface area contributed by atoms with E-state index in [1.165, 1.54) is 11.3 Å². The number of benzene rings is 3. The van der Waals surface area contributed by atoms with E-state index in [-0.39, 0.29) is 0 Å². The van der Waals surface area contributed by atoms with Crippen molar-refractivity contribution in [3.8, 4) is 11.5 Å². The number of hydrogen-bond acceptors (Lipinski definition) is 9. The Morgan fingerprint density at radius 1 is 0.857 bits per heavy atom. The summed E-state index contributed by atoms with van der Waals surface area (Å²) < 4.78 is 28.6. The zero-order valence-corrected chi connectivity index (χ0v) is 24.7. The first-order valence-corrected chi connectivity index (χ1v) is 14.3. The van der Waals surface area contributed by atoms with Crippen LogP contribution < -0.4 is 24.2 Å². The summed E-state index contributed by atoms with van der Waals surface area (Å²) in [5, 5.41) is 0. The number of aromatic nitrogens is 1. The van der Waals surface area contributed by atoms with Crippen LogP contribution in [0.15, 0.2) is 83.5 Å². The molecule has 1 aliphatic heterocycles. The lowest BCUT2D eigenvalue weighted by molar-refractivity contribution is 0.0869. The van der Waals surface area contributed by atoms with Crippen LogP contribution in [0.3, 0.4) is 0 Å². The Morgan fingerprint density at radius 2 is 1.62 bits per heavy atom. The Labute approximate surface area is 248 Å². The molecule has 0 saturated carbocycles. The number of rotatable bonds is 14. The first-order chi connectivity index (χ1) is 20.6. The van der Waals surface area contributed by atoms with Gasteiger partial charge in [0.15, 0.2) is 0 Å². The van der Waals surface area contributed by atoms with Crippen molar-refractivity contribution in [1.82, 2.24) is 4.98 Å². The molecule has 9 heteroatoms. The van der Waals surface area contributed by atoms with Crippen LogP contribution in [0.2, 0.25) is 0 Å². The largest absolute Gasteiger partial charge is 0.497 e. The maximum Gasteiger partial charge on any atom is 0.298 e. The fourth-order valence-corrected chi connectivity index (χ4v) is 4.79. The second-order valence-corrected chi connectivity index (χ2v) is 10.4. The van der Waals surface area contributed by atoms with Gasteiger partial charge < -0.3 is 38.1 Å². The molecule has 1 saturated heterocycles. The number of morpholine rings is 1. The van der Waals surface area contributed by atoms with E-state index in [1.807, 2.05) is 61.5 Å². The molecule has 42 heavy (non-hydrogen) atoms. The Bertz CT molecular complexity index is 1390. The average molecular weight is 573 g/mol. The molecule has 0 spiro atoms. The molecule has 0 unspecified atom stereocenters. The molecule has 0 aliphatic carbocycles. The summed E-state index contributed by atoms with van der Waals surface area (Å²) in [6.45, 7) is 5.85. The zero-order chi connectivity index (χ0) is 29.1. The SMILES string of the molecule is COc1cccc(CN(Cc2ccc(N3CCOCC3)cc2)c2nc(COCCOc3cccc(N(C)C)c3)co2)c1. The molecule has 0 N–H and O–H groups in total. The molecule has 5 rings (SSSR count). The van der Waals surface area contributed by atoms with Gasteiger partial charge in [-0.2, -0.15) is 4.98 Å². The first kappa shape index (κ1) is 29.3. The summed E-state index contributed by atoms with van der Waals surface area (Å²) in [6, 6.07) is 25.3. The van der Waals surface area contributed by atoms with Crippen molar-refractivity contribution in [2.45, 2.75) is 19.7 Å². The highest BCUT2D eigenvalue weighted by atomic mass is 16.5. The Morgan fingerprint density at radius 3 is 2.40 bits per heavy atom. The lowest BCUT2D eigenvalue weighted by Crippen LogP contribution is -2.36. The maximum atomic E-state index is 5.95. The fourth-order valence-electron chi connectivity index (χ4n) is 4.79. The summed E-state index contributed by atoms with van der Waals surface area (Å²) in [5.74, 6) is 1.64. The summed E-state index contributed by atoms with van der Waals surface area (Å²) in [5.41, 5.74) is 5.31. The average Bonchev–Trinajstić information content (AvgIpc) is 3.50. The highest BCUT2D eigenvalue weighted by molar-refractivity contribution is 5.50. The van der Waals surface area contributed by atoms with E-state index in [0.717, 1.165) is 54.7 Å². The predicted molar refractivity (Wildman–Crippen MR) is 165 cm³/mol. The molecule has 1 fully saturated rings. The Kier molecular flexibility index (Phi) is 10.2. The minimum absolute atomic E-state index is 0.339. The zero-order valence-electron chi connectivity index (χ0n) is 24.7. The van der Waals surface area contributed by atoms with Gasteiger partial charge in [-0.3, -0.25) is 0 Å². The molecular weight excluding hydrogens is 532 g/mol. The molecule has 1 aromatic heterocycles. The highest BCUT2D eigenvalue weighted by Gasteiger charge is 2.17. The summed E-state index contributed by atoms with van der Waals surface area (Å²) >= 11 is 0. The van der Waals surface area contributed by atoms with Crippen LogP contribution in [0.25, 0.3) is 0 Å². The number of oxazole rings is 1. The fraction of sp³-hybridized carbons (Fsp3) is 0.364. The molecule has 3 aromatic carbocycles. The number of ether oxygens (including phenoxy) is 4. The molecule has 0 radical (unpaired) electrons. The van der Waals surface area contributed by atoms with Gasteiger partial charge in [0.05, 0.1) is 33.5 Å². The monoisotopic (exact) mass is 572 g/mol. The lowest BCUT2D eigenvalue weighted by Gasteiger charge is -2.29. The van der Waals surface area contributed by atoms with Crippen LogP contribution in [0.4, 0.5) is 17.4 Å². The molecular formula is C33H40N4O5. The molecule has 1 aliphatic rings. The molecule has 222 valence electrons. The maximum absolute atomic E-state index is 5.95. The lowest BCUT2D eigenvalue weighted by atomic mass is 10.1. The van der Waals surface area contributed by atoms with Gasteiger partial charge in [-0.25, -0.2) is 0 Å². The van der Waals surface area contributed by atoms with Gasteiger partial charge >= 0.3 is 0 Å². The van der Waals surface area contributed by atoms with E-state index in [0.29, 0.717) is 38.9 Å². The van der Waals surface area contributed by atoms with Gasteiger partial charge in [0.2, 0.25) is 0 Å². The summed E-state index contributed by atoms with van der Waals surface area (Å²) in [6.07, 6.45) is 1.66.